The lowest BCUT2D eigenvalue weighted by atomic mass is 10.2. The van der Waals surface area contributed by atoms with Crippen molar-refractivity contribution < 1.29 is 23.5 Å². The second kappa shape index (κ2) is 10.6. The zero-order valence-electron chi connectivity index (χ0n) is 18.5. The molecular weight excluding hydrogens is 412 g/mol. The van der Waals surface area contributed by atoms with Crippen LogP contribution in [-0.4, -0.2) is 97.6 Å². The van der Waals surface area contributed by atoms with Gasteiger partial charge in [-0.1, -0.05) is 0 Å². The molecule has 2 aliphatic rings. The summed E-state index contributed by atoms with van der Waals surface area (Å²) < 4.78 is 16.3. The Morgan fingerprint density at radius 3 is 2.28 bits per heavy atom. The number of amides is 2. The van der Waals surface area contributed by atoms with Crippen molar-refractivity contribution in [1.82, 2.24) is 19.7 Å². The van der Waals surface area contributed by atoms with Gasteiger partial charge < -0.3 is 23.7 Å². The number of methoxy groups -OCH3 is 1. The molecular formula is C23H30N4O5. The summed E-state index contributed by atoms with van der Waals surface area (Å²) >= 11 is 0. The van der Waals surface area contributed by atoms with Crippen LogP contribution >= 0.6 is 0 Å². The number of oxazole rings is 1. The minimum atomic E-state index is 0.0643. The van der Waals surface area contributed by atoms with Crippen molar-refractivity contribution in [1.29, 1.82) is 0 Å². The van der Waals surface area contributed by atoms with Crippen molar-refractivity contribution in [2.45, 2.75) is 12.8 Å². The molecule has 2 amide bonds. The van der Waals surface area contributed by atoms with Crippen LogP contribution in [0.4, 0.5) is 0 Å². The van der Waals surface area contributed by atoms with E-state index in [9.17, 15) is 9.59 Å². The van der Waals surface area contributed by atoms with Crippen LogP contribution in [0, 0.1) is 0 Å². The average molecular weight is 443 g/mol. The van der Waals surface area contributed by atoms with Crippen LogP contribution in [0.1, 0.15) is 12.3 Å². The first-order valence-electron chi connectivity index (χ1n) is 11.1. The number of benzene rings is 1. The molecule has 4 rings (SSSR count). The highest BCUT2D eigenvalue weighted by Gasteiger charge is 2.25. The Balaban J connectivity index is 1.20. The predicted octanol–water partition coefficient (Wildman–Crippen LogP) is 1.29. The summed E-state index contributed by atoms with van der Waals surface area (Å²) in [7, 11) is 1.63. The second-order valence-corrected chi connectivity index (χ2v) is 8.00. The van der Waals surface area contributed by atoms with Crippen molar-refractivity contribution >= 4 is 11.8 Å². The molecule has 0 aliphatic carbocycles. The Morgan fingerprint density at radius 2 is 1.62 bits per heavy atom. The lowest BCUT2D eigenvalue weighted by Crippen LogP contribution is -2.53. The molecule has 2 aliphatic heterocycles. The maximum Gasteiger partial charge on any atom is 0.236 e. The van der Waals surface area contributed by atoms with Gasteiger partial charge in [0, 0.05) is 57.7 Å². The highest BCUT2D eigenvalue weighted by atomic mass is 16.5. The van der Waals surface area contributed by atoms with E-state index in [0.29, 0.717) is 70.4 Å². The first kappa shape index (κ1) is 22.3. The smallest absolute Gasteiger partial charge is 0.236 e. The van der Waals surface area contributed by atoms with Gasteiger partial charge in [0.15, 0.2) is 11.7 Å². The van der Waals surface area contributed by atoms with Crippen molar-refractivity contribution in [2.24, 2.45) is 0 Å². The van der Waals surface area contributed by atoms with Gasteiger partial charge in [-0.25, -0.2) is 4.98 Å². The van der Waals surface area contributed by atoms with Crippen LogP contribution in [0.25, 0.3) is 11.3 Å². The van der Waals surface area contributed by atoms with Gasteiger partial charge in [0.05, 0.1) is 33.1 Å². The molecule has 0 saturated carbocycles. The van der Waals surface area contributed by atoms with Crippen molar-refractivity contribution in [3.63, 3.8) is 0 Å². The van der Waals surface area contributed by atoms with Crippen LogP contribution in [0.2, 0.25) is 0 Å². The molecule has 3 heterocycles. The number of piperazine rings is 1. The first-order valence-corrected chi connectivity index (χ1v) is 11.1. The third kappa shape index (κ3) is 5.66. The highest BCUT2D eigenvalue weighted by Crippen LogP contribution is 2.23. The topological polar surface area (TPSA) is 88.4 Å². The Kier molecular flexibility index (Phi) is 7.39. The van der Waals surface area contributed by atoms with Crippen LogP contribution in [0.5, 0.6) is 5.75 Å². The number of hydrogen-bond acceptors (Lipinski definition) is 7. The molecule has 1 aromatic heterocycles. The van der Waals surface area contributed by atoms with Crippen molar-refractivity contribution in [3.05, 3.63) is 36.4 Å². The number of morpholine rings is 1. The number of rotatable bonds is 7. The van der Waals surface area contributed by atoms with Crippen LogP contribution < -0.4 is 4.74 Å². The zero-order valence-corrected chi connectivity index (χ0v) is 18.5. The Bertz CT molecular complexity index is 899. The van der Waals surface area contributed by atoms with Gasteiger partial charge in [-0.2, -0.15) is 0 Å². The van der Waals surface area contributed by atoms with E-state index in [4.69, 9.17) is 13.9 Å². The molecule has 9 nitrogen and oxygen atoms in total. The third-order valence-electron chi connectivity index (χ3n) is 5.93. The van der Waals surface area contributed by atoms with Gasteiger partial charge in [-0.3, -0.25) is 14.5 Å². The number of carbonyl (C=O) groups is 2. The maximum absolute atomic E-state index is 12.6. The summed E-state index contributed by atoms with van der Waals surface area (Å²) in [6, 6.07) is 7.56. The molecule has 0 N–H and O–H groups in total. The monoisotopic (exact) mass is 442 g/mol. The summed E-state index contributed by atoms with van der Waals surface area (Å²) in [5.74, 6) is 2.19. The fraction of sp³-hybridized carbons (Fsp3) is 0.522. The largest absolute Gasteiger partial charge is 0.497 e. The quantitative estimate of drug-likeness (QED) is 0.638. The van der Waals surface area contributed by atoms with Gasteiger partial charge >= 0.3 is 0 Å². The zero-order chi connectivity index (χ0) is 22.3. The Hall–Kier alpha value is -2.91. The summed E-state index contributed by atoms with van der Waals surface area (Å²) in [6.07, 6.45) is 2.47. The fourth-order valence-corrected chi connectivity index (χ4v) is 3.94. The number of aromatic nitrogens is 1. The molecule has 0 unspecified atom stereocenters. The van der Waals surface area contributed by atoms with Crippen molar-refractivity contribution in [3.8, 4) is 17.1 Å². The fourth-order valence-electron chi connectivity index (χ4n) is 3.94. The standard InChI is InChI=1S/C23H30N4O5/c1-30-19-4-2-18(3-5-19)20-16-24-21(32-20)6-7-22(28)26-8-10-27(11-9-26)23(29)17-25-12-14-31-15-13-25/h2-5,16H,6-15,17H2,1H3. The summed E-state index contributed by atoms with van der Waals surface area (Å²) in [6.45, 7) is 5.68. The lowest BCUT2D eigenvalue weighted by Gasteiger charge is -2.36. The van der Waals surface area contributed by atoms with E-state index in [2.05, 4.69) is 9.88 Å². The summed E-state index contributed by atoms with van der Waals surface area (Å²) in [5.41, 5.74) is 0.911. The number of aryl methyl sites for hydroxylation is 1. The minimum Gasteiger partial charge on any atom is -0.497 e. The molecule has 0 atom stereocenters. The predicted molar refractivity (Wildman–Crippen MR) is 117 cm³/mol. The van der Waals surface area contributed by atoms with Crippen LogP contribution in [0.15, 0.2) is 34.9 Å². The minimum absolute atomic E-state index is 0.0643. The maximum atomic E-state index is 12.6. The lowest BCUT2D eigenvalue weighted by molar-refractivity contribution is -0.140. The molecule has 0 spiro atoms. The molecule has 0 bridgehead atoms. The molecule has 2 fully saturated rings. The van der Waals surface area contributed by atoms with Gasteiger partial charge in [0.25, 0.3) is 0 Å². The van der Waals surface area contributed by atoms with Gasteiger partial charge in [-0.05, 0) is 24.3 Å². The molecule has 0 radical (unpaired) electrons. The number of hydrogen-bond donors (Lipinski definition) is 0. The van der Waals surface area contributed by atoms with E-state index in [1.165, 1.54) is 0 Å². The SMILES string of the molecule is COc1ccc(-c2cnc(CCC(=O)N3CCN(C(=O)CN4CCOCC4)CC3)o2)cc1. The van der Waals surface area contributed by atoms with Crippen LogP contribution in [0.3, 0.4) is 0 Å². The van der Waals surface area contributed by atoms with Gasteiger partial charge in [0.1, 0.15) is 5.75 Å². The van der Waals surface area contributed by atoms with E-state index in [1.54, 1.807) is 13.3 Å². The highest BCUT2D eigenvalue weighted by molar-refractivity contribution is 5.79. The molecule has 2 aromatic rings. The van der Waals surface area contributed by atoms with Gasteiger partial charge in [0.2, 0.25) is 11.8 Å². The molecule has 2 saturated heterocycles. The van der Waals surface area contributed by atoms with E-state index >= 15 is 0 Å². The molecule has 1 aromatic carbocycles. The average Bonchev–Trinajstić information content (AvgIpc) is 3.32. The second-order valence-electron chi connectivity index (χ2n) is 8.00. The van der Waals surface area contributed by atoms with E-state index in [1.807, 2.05) is 34.1 Å². The van der Waals surface area contributed by atoms with E-state index < -0.39 is 0 Å². The third-order valence-corrected chi connectivity index (χ3v) is 5.93. The Morgan fingerprint density at radius 1 is 0.969 bits per heavy atom. The molecule has 9 heteroatoms. The normalized spacial score (nSPS) is 17.4. The summed E-state index contributed by atoms with van der Waals surface area (Å²) in [4.78, 5) is 35.3. The first-order chi connectivity index (χ1) is 15.6. The molecule has 172 valence electrons. The van der Waals surface area contributed by atoms with Crippen LogP contribution in [-0.2, 0) is 20.7 Å². The Labute approximate surface area is 187 Å². The summed E-state index contributed by atoms with van der Waals surface area (Å²) in [5, 5.41) is 0. The van der Waals surface area contributed by atoms with E-state index in [-0.39, 0.29) is 11.8 Å². The molecule has 32 heavy (non-hydrogen) atoms. The van der Waals surface area contributed by atoms with Gasteiger partial charge in [-0.15, -0.1) is 0 Å². The number of carbonyl (C=O) groups excluding carboxylic acids is 2. The van der Waals surface area contributed by atoms with Crippen molar-refractivity contribution in [2.75, 3.05) is 66.1 Å². The van der Waals surface area contributed by atoms with E-state index in [0.717, 1.165) is 24.4 Å². The number of ether oxygens (including phenoxy) is 2. The number of nitrogens with zero attached hydrogens (tertiary/aromatic N) is 4.